The Morgan fingerprint density at radius 3 is 2.14 bits per heavy atom. The first-order valence-electron chi connectivity index (χ1n) is 10.1. The normalized spacial score (nSPS) is 22.8. The third-order valence-corrected chi connectivity index (χ3v) is 8.05. The van der Waals surface area contributed by atoms with E-state index >= 15 is 0 Å². The molecule has 0 aromatic heterocycles. The van der Waals surface area contributed by atoms with E-state index < -0.39 is 15.3 Å². The fourth-order valence-electron chi connectivity index (χ4n) is 4.80. The average Bonchev–Trinajstić information content (AvgIpc) is 3.34. The average molecular weight is 398 g/mol. The van der Waals surface area contributed by atoms with Crippen LogP contribution in [-0.2, 0) is 26.6 Å². The van der Waals surface area contributed by atoms with Gasteiger partial charge in [-0.15, -0.1) is 0 Å². The van der Waals surface area contributed by atoms with Crippen LogP contribution in [0.15, 0.2) is 60.7 Å². The van der Waals surface area contributed by atoms with E-state index in [4.69, 9.17) is 0 Å². The van der Waals surface area contributed by atoms with Crippen LogP contribution in [0.1, 0.15) is 43.2 Å². The summed E-state index contributed by atoms with van der Waals surface area (Å²) in [6.07, 6.45) is 4.26. The van der Waals surface area contributed by atoms with Gasteiger partial charge in [0.2, 0.25) is 5.91 Å². The van der Waals surface area contributed by atoms with E-state index in [0.29, 0.717) is 13.0 Å². The van der Waals surface area contributed by atoms with Crippen LogP contribution in [0, 0.1) is 0 Å². The predicted octanol–water partition coefficient (Wildman–Crippen LogP) is 3.71. The van der Waals surface area contributed by atoms with Crippen molar-refractivity contribution in [1.82, 2.24) is 4.90 Å². The molecule has 0 radical (unpaired) electrons. The Kier molecular flexibility index (Phi) is 5.28. The minimum absolute atomic E-state index is 0.0798. The monoisotopic (exact) mass is 397 g/mol. The van der Waals surface area contributed by atoms with Gasteiger partial charge in [-0.2, -0.15) is 0 Å². The van der Waals surface area contributed by atoms with Gasteiger partial charge in [0.25, 0.3) is 0 Å². The van der Waals surface area contributed by atoms with Gasteiger partial charge in [0.15, 0.2) is 9.84 Å². The molecular weight excluding hydrogens is 370 g/mol. The molecule has 2 aromatic rings. The summed E-state index contributed by atoms with van der Waals surface area (Å²) in [4.78, 5) is 15.9. The molecule has 0 unspecified atom stereocenters. The first-order valence-corrected chi connectivity index (χ1v) is 11.9. The van der Waals surface area contributed by atoms with E-state index in [0.717, 1.165) is 36.8 Å². The Morgan fingerprint density at radius 1 is 0.964 bits per heavy atom. The second-order valence-corrected chi connectivity index (χ2v) is 10.4. The zero-order chi connectivity index (χ0) is 19.6. The Balaban J connectivity index is 1.71. The number of amides is 1. The molecule has 0 spiro atoms. The zero-order valence-corrected chi connectivity index (χ0v) is 16.9. The molecule has 5 heteroatoms. The number of hydrogen-bond acceptors (Lipinski definition) is 3. The highest BCUT2D eigenvalue weighted by atomic mass is 32.2. The first kappa shape index (κ1) is 19.2. The van der Waals surface area contributed by atoms with Crippen LogP contribution >= 0.6 is 0 Å². The fourth-order valence-corrected chi connectivity index (χ4v) is 6.54. The number of sulfone groups is 1. The number of nitrogens with zero attached hydrogens (tertiary/aromatic N) is 1. The second-order valence-electron chi connectivity index (χ2n) is 8.13. The molecule has 28 heavy (non-hydrogen) atoms. The quantitative estimate of drug-likeness (QED) is 0.773. The number of benzene rings is 2. The van der Waals surface area contributed by atoms with Crippen molar-refractivity contribution in [1.29, 1.82) is 0 Å². The van der Waals surface area contributed by atoms with E-state index in [1.54, 1.807) is 0 Å². The molecule has 1 saturated carbocycles. The standard InChI is InChI=1S/C23H27NO3S/c25-22(23(14-7-8-15-23)20-11-5-2-6-12-20)24(17-19-9-3-1-4-10-19)21-13-16-28(26,27)18-21/h1-6,9-12,21H,7-8,13-18H2/t21-/m0/s1. The maximum atomic E-state index is 14.0. The lowest BCUT2D eigenvalue weighted by atomic mass is 9.77. The number of carbonyl (C=O) groups excluding carboxylic acids is 1. The van der Waals surface area contributed by atoms with E-state index in [2.05, 4.69) is 12.1 Å². The smallest absolute Gasteiger partial charge is 0.233 e. The summed E-state index contributed by atoms with van der Waals surface area (Å²) in [5, 5.41) is 0. The minimum atomic E-state index is -3.07. The summed E-state index contributed by atoms with van der Waals surface area (Å²) in [5.74, 6) is 0.354. The Bertz CT molecular complexity index is 919. The largest absolute Gasteiger partial charge is 0.334 e. The van der Waals surface area contributed by atoms with Gasteiger partial charge in [-0.1, -0.05) is 73.5 Å². The van der Waals surface area contributed by atoms with Crippen LogP contribution in [0.4, 0.5) is 0 Å². The van der Waals surface area contributed by atoms with Gasteiger partial charge < -0.3 is 4.90 Å². The molecule has 2 fully saturated rings. The Labute approximate surface area is 167 Å². The van der Waals surface area contributed by atoms with Crippen molar-refractivity contribution in [2.75, 3.05) is 11.5 Å². The third-order valence-electron chi connectivity index (χ3n) is 6.30. The molecule has 1 aliphatic heterocycles. The lowest BCUT2D eigenvalue weighted by Crippen LogP contribution is -2.50. The third kappa shape index (κ3) is 3.72. The molecule has 2 aromatic carbocycles. The molecule has 0 N–H and O–H groups in total. The van der Waals surface area contributed by atoms with E-state index in [1.807, 2.05) is 53.4 Å². The molecule has 1 aliphatic carbocycles. The van der Waals surface area contributed by atoms with Gasteiger partial charge in [0, 0.05) is 12.6 Å². The summed E-state index contributed by atoms with van der Waals surface area (Å²) in [6, 6.07) is 19.7. The van der Waals surface area contributed by atoms with Crippen molar-refractivity contribution in [3.63, 3.8) is 0 Å². The Hall–Kier alpha value is -2.14. The van der Waals surface area contributed by atoms with Crippen molar-refractivity contribution in [3.05, 3.63) is 71.8 Å². The molecule has 4 rings (SSSR count). The van der Waals surface area contributed by atoms with Crippen LogP contribution in [0.25, 0.3) is 0 Å². The first-order chi connectivity index (χ1) is 13.5. The van der Waals surface area contributed by atoms with Gasteiger partial charge >= 0.3 is 0 Å². The molecule has 1 atom stereocenters. The number of carbonyl (C=O) groups is 1. The zero-order valence-electron chi connectivity index (χ0n) is 16.1. The second kappa shape index (κ2) is 7.70. The summed E-state index contributed by atoms with van der Waals surface area (Å²) in [5.41, 5.74) is 1.58. The number of rotatable bonds is 5. The van der Waals surface area contributed by atoms with Crippen LogP contribution in [0.5, 0.6) is 0 Å². The molecule has 0 bridgehead atoms. The van der Waals surface area contributed by atoms with Gasteiger partial charge in [0.1, 0.15) is 0 Å². The van der Waals surface area contributed by atoms with Gasteiger partial charge in [0.05, 0.1) is 16.9 Å². The summed E-state index contributed by atoms with van der Waals surface area (Å²) in [6.45, 7) is 0.467. The van der Waals surface area contributed by atoms with E-state index in [1.165, 1.54) is 0 Å². The maximum absolute atomic E-state index is 14.0. The minimum Gasteiger partial charge on any atom is -0.334 e. The van der Waals surface area contributed by atoms with Crippen LogP contribution in [0.2, 0.25) is 0 Å². The highest BCUT2D eigenvalue weighted by Crippen LogP contribution is 2.43. The molecule has 1 saturated heterocycles. The van der Waals surface area contributed by atoms with Crippen LogP contribution in [-0.4, -0.2) is 36.8 Å². The lowest BCUT2D eigenvalue weighted by molar-refractivity contribution is -0.140. The van der Waals surface area contributed by atoms with Crippen molar-refractivity contribution >= 4 is 15.7 Å². The Morgan fingerprint density at radius 2 is 1.57 bits per heavy atom. The highest BCUT2D eigenvalue weighted by molar-refractivity contribution is 7.91. The van der Waals surface area contributed by atoms with Crippen molar-refractivity contribution in [2.24, 2.45) is 0 Å². The summed E-state index contributed by atoms with van der Waals surface area (Å²) < 4.78 is 24.3. The van der Waals surface area contributed by atoms with Crippen molar-refractivity contribution in [2.45, 2.75) is 50.1 Å². The number of hydrogen-bond donors (Lipinski definition) is 0. The predicted molar refractivity (Wildman–Crippen MR) is 111 cm³/mol. The summed E-state index contributed by atoms with van der Waals surface area (Å²) >= 11 is 0. The fraction of sp³-hybridized carbons (Fsp3) is 0.435. The molecule has 1 heterocycles. The summed E-state index contributed by atoms with van der Waals surface area (Å²) in [7, 11) is -3.07. The van der Waals surface area contributed by atoms with Gasteiger partial charge in [-0.25, -0.2) is 8.42 Å². The van der Waals surface area contributed by atoms with E-state index in [9.17, 15) is 13.2 Å². The molecular formula is C23H27NO3S. The van der Waals surface area contributed by atoms with Crippen molar-refractivity contribution in [3.8, 4) is 0 Å². The SMILES string of the molecule is O=C(N(Cc1ccccc1)[C@H]1CCS(=O)(=O)C1)C1(c2ccccc2)CCCC1. The highest BCUT2D eigenvalue weighted by Gasteiger charge is 2.47. The molecule has 1 amide bonds. The van der Waals surface area contributed by atoms with Gasteiger partial charge in [-0.05, 0) is 30.4 Å². The lowest BCUT2D eigenvalue weighted by Gasteiger charge is -2.38. The molecule has 2 aliphatic rings. The molecule has 148 valence electrons. The van der Waals surface area contributed by atoms with Gasteiger partial charge in [-0.3, -0.25) is 4.79 Å². The maximum Gasteiger partial charge on any atom is 0.233 e. The molecule has 4 nitrogen and oxygen atoms in total. The van der Waals surface area contributed by atoms with E-state index in [-0.39, 0.29) is 23.5 Å². The van der Waals surface area contributed by atoms with Crippen LogP contribution in [0.3, 0.4) is 0 Å². The van der Waals surface area contributed by atoms with Crippen molar-refractivity contribution < 1.29 is 13.2 Å². The van der Waals surface area contributed by atoms with Crippen LogP contribution < -0.4 is 0 Å². The topological polar surface area (TPSA) is 54.5 Å².